The van der Waals surface area contributed by atoms with Crippen LogP contribution in [0.5, 0.6) is 5.88 Å². The van der Waals surface area contributed by atoms with Gasteiger partial charge in [0.15, 0.2) is 5.82 Å². The third-order valence-corrected chi connectivity index (χ3v) is 4.72. The van der Waals surface area contributed by atoms with Crippen LogP contribution in [0.1, 0.15) is 34.8 Å². The predicted molar refractivity (Wildman–Crippen MR) is 109 cm³/mol. The highest BCUT2D eigenvalue weighted by atomic mass is 35.5. The molecule has 0 bridgehead atoms. The third-order valence-electron chi connectivity index (χ3n) is 4.72. The number of rotatable bonds is 5. The zero-order valence-electron chi connectivity index (χ0n) is 16.1. The molecule has 0 radical (unpaired) electrons. The number of piperazine rings is 1. The zero-order chi connectivity index (χ0) is 18.5. The zero-order valence-corrected chi connectivity index (χ0v) is 17.0. The Morgan fingerprint density at radius 1 is 1.04 bits per heavy atom. The van der Waals surface area contributed by atoms with Crippen LogP contribution in [-0.4, -0.2) is 53.8 Å². The molecule has 1 aromatic carbocycles. The van der Waals surface area contributed by atoms with E-state index in [0.717, 1.165) is 36.5 Å². The highest BCUT2D eigenvalue weighted by Gasteiger charge is 2.23. The SMILES string of the molecule is CCCOc1ccc(N2CCN(C(=O)c3ccc(C)c(C)c3)CC2)nn1.Cl. The highest BCUT2D eigenvalue weighted by molar-refractivity contribution is 5.94. The number of halogens is 1. The quantitative estimate of drug-likeness (QED) is 0.784. The topological polar surface area (TPSA) is 58.6 Å². The predicted octanol–water partition coefficient (Wildman–Crippen LogP) is 3.27. The molecule has 7 heteroatoms. The minimum absolute atomic E-state index is 0. The van der Waals surface area contributed by atoms with Gasteiger partial charge < -0.3 is 14.5 Å². The molecule has 0 atom stereocenters. The molecule has 0 unspecified atom stereocenters. The molecule has 0 spiro atoms. The Kier molecular flexibility index (Phi) is 7.42. The van der Waals surface area contributed by atoms with Crippen LogP contribution in [-0.2, 0) is 0 Å². The van der Waals surface area contributed by atoms with E-state index in [2.05, 4.69) is 28.9 Å². The number of carbonyl (C=O) groups excluding carboxylic acids is 1. The number of ether oxygens (including phenoxy) is 1. The van der Waals surface area contributed by atoms with Crippen molar-refractivity contribution in [2.24, 2.45) is 0 Å². The fraction of sp³-hybridized carbons (Fsp3) is 0.450. The second-order valence-electron chi connectivity index (χ2n) is 6.66. The van der Waals surface area contributed by atoms with Gasteiger partial charge in [0.05, 0.1) is 6.61 Å². The minimum Gasteiger partial charge on any atom is -0.477 e. The summed E-state index contributed by atoms with van der Waals surface area (Å²) in [6.45, 7) is 9.66. The summed E-state index contributed by atoms with van der Waals surface area (Å²) in [5.74, 6) is 1.48. The Morgan fingerprint density at radius 2 is 1.78 bits per heavy atom. The van der Waals surface area contributed by atoms with Crippen LogP contribution in [0.4, 0.5) is 5.82 Å². The largest absolute Gasteiger partial charge is 0.477 e. The monoisotopic (exact) mass is 390 g/mol. The maximum atomic E-state index is 12.7. The van der Waals surface area contributed by atoms with E-state index in [1.54, 1.807) is 0 Å². The first-order valence-electron chi connectivity index (χ1n) is 9.16. The molecule has 1 saturated heterocycles. The van der Waals surface area contributed by atoms with Crippen LogP contribution in [0, 0.1) is 13.8 Å². The summed E-state index contributed by atoms with van der Waals surface area (Å²) in [7, 11) is 0. The van der Waals surface area contributed by atoms with Gasteiger partial charge in [-0.05, 0) is 49.6 Å². The van der Waals surface area contributed by atoms with Crippen molar-refractivity contribution >= 4 is 24.1 Å². The van der Waals surface area contributed by atoms with Crippen molar-refractivity contribution in [2.45, 2.75) is 27.2 Å². The molecule has 1 fully saturated rings. The van der Waals surface area contributed by atoms with Crippen LogP contribution in [0.2, 0.25) is 0 Å². The van der Waals surface area contributed by atoms with E-state index in [9.17, 15) is 4.79 Å². The average molecular weight is 391 g/mol. The van der Waals surface area contributed by atoms with Crippen molar-refractivity contribution in [3.8, 4) is 5.88 Å². The number of carbonyl (C=O) groups is 1. The summed E-state index contributed by atoms with van der Waals surface area (Å²) in [5, 5.41) is 8.37. The van der Waals surface area contributed by atoms with Gasteiger partial charge in [-0.1, -0.05) is 13.0 Å². The molecule has 1 aromatic heterocycles. The number of aryl methyl sites for hydroxylation is 2. The van der Waals surface area contributed by atoms with Gasteiger partial charge in [-0.15, -0.1) is 22.6 Å². The molecule has 2 aromatic rings. The number of hydrogen-bond acceptors (Lipinski definition) is 5. The number of amides is 1. The summed E-state index contributed by atoms with van der Waals surface area (Å²) in [5.41, 5.74) is 3.12. The van der Waals surface area contributed by atoms with Gasteiger partial charge in [-0.2, -0.15) is 0 Å². The van der Waals surface area contributed by atoms with Crippen LogP contribution in [0.3, 0.4) is 0 Å². The van der Waals surface area contributed by atoms with E-state index >= 15 is 0 Å². The molecule has 2 heterocycles. The van der Waals surface area contributed by atoms with Gasteiger partial charge in [-0.3, -0.25) is 4.79 Å². The molecule has 1 aliphatic heterocycles. The van der Waals surface area contributed by atoms with Crippen molar-refractivity contribution < 1.29 is 9.53 Å². The second kappa shape index (κ2) is 9.55. The molecular weight excluding hydrogens is 364 g/mol. The lowest BCUT2D eigenvalue weighted by atomic mass is 10.1. The Hall–Kier alpha value is -2.34. The van der Waals surface area contributed by atoms with Crippen LogP contribution in [0.15, 0.2) is 30.3 Å². The summed E-state index contributed by atoms with van der Waals surface area (Å²) in [6, 6.07) is 9.68. The summed E-state index contributed by atoms with van der Waals surface area (Å²) in [4.78, 5) is 16.8. The van der Waals surface area contributed by atoms with Crippen molar-refractivity contribution in [1.29, 1.82) is 0 Å². The number of anilines is 1. The van der Waals surface area contributed by atoms with Gasteiger partial charge in [0, 0.05) is 37.8 Å². The molecular formula is C20H27ClN4O2. The fourth-order valence-corrected chi connectivity index (χ4v) is 2.96. The molecule has 0 N–H and O–H groups in total. The molecule has 6 nitrogen and oxygen atoms in total. The standard InChI is InChI=1S/C20H26N4O2.ClH/c1-4-13-26-19-8-7-18(21-22-19)23-9-11-24(12-10-23)20(25)17-6-5-15(2)16(3)14-17;/h5-8,14H,4,9-13H2,1-3H3;1H. The van der Waals surface area contributed by atoms with Crippen molar-refractivity contribution in [3.05, 3.63) is 47.0 Å². The van der Waals surface area contributed by atoms with Gasteiger partial charge in [0.25, 0.3) is 5.91 Å². The Bertz CT molecular complexity index is 759. The molecule has 1 amide bonds. The molecule has 1 aliphatic rings. The maximum Gasteiger partial charge on any atom is 0.253 e. The van der Waals surface area contributed by atoms with Crippen molar-refractivity contribution in [2.75, 3.05) is 37.7 Å². The smallest absolute Gasteiger partial charge is 0.253 e. The number of aromatic nitrogens is 2. The number of benzene rings is 1. The summed E-state index contributed by atoms with van der Waals surface area (Å²) < 4.78 is 5.47. The Labute approximate surface area is 166 Å². The van der Waals surface area contributed by atoms with Gasteiger partial charge in [0.2, 0.25) is 5.88 Å². The first-order valence-corrected chi connectivity index (χ1v) is 9.16. The summed E-state index contributed by atoms with van der Waals surface area (Å²) in [6.07, 6.45) is 0.944. The second-order valence-corrected chi connectivity index (χ2v) is 6.66. The Balaban J connectivity index is 0.00000261. The minimum atomic E-state index is 0. The average Bonchev–Trinajstić information content (AvgIpc) is 2.68. The van der Waals surface area contributed by atoms with E-state index in [1.807, 2.05) is 42.2 Å². The van der Waals surface area contributed by atoms with Gasteiger partial charge in [-0.25, -0.2) is 0 Å². The maximum absolute atomic E-state index is 12.7. The van der Waals surface area contributed by atoms with E-state index < -0.39 is 0 Å². The highest BCUT2D eigenvalue weighted by Crippen LogP contribution is 2.17. The van der Waals surface area contributed by atoms with Crippen LogP contribution in [0.25, 0.3) is 0 Å². The number of nitrogens with zero attached hydrogens (tertiary/aromatic N) is 4. The van der Waals surface area contributed by atoms with Gasteiger partial charge >= 0.3 is 0 Å². The van der Waals surface area contributed by atoms with E-state index in [-0.39, 0.29) is 18.3 Å². The van der Waals surface area contributed by atoms with Crippen molar-refractivity contribution in [1.82, 2.24) is 15.1 Å². The number of hydrogen-bond donors (Lipinski definition) is 0. The Morgan fingerprint density at radius 3 is 2.37 bits per heavy atom. The first kappa shape index (κ1) is 21.0. The third kappa shape index (κ3) is 5.10. The summed E-state index contributed by atoms with van der Waals surface area (Å²) >= 11 is 0. The molecule has 0 aliphatic carbocycles. The van der Waals surface area contributed by atoms with Crippen LogP contribution < -0.4 is 9.64 Å². The molecule has 27 heavy (non-hydrogen) atoms. The molecule has 0 saturated carbocycles. The first-order chi connectivity index (χ1) is 12.6. The normalized spacial score (nSPS) is 13.9. The van der Waals surface area contributed by atoms with E-state index in [1.165, 1.54) is 5.56 Å². The lowest BCUT2D eigenvalue weighted by Crippen LogP contribution is -2.49. The molecule has 3 rings (SSSR count). The van der Waals surface area contributed by atoms with Crippen molar-refractivity contribution in [3.63, 3.8) is 0 Å². The fourth-order valence-electron chi connectivity index (χ4n) is 2.96. The lowest BCUT2D eigenvalue weighted by molar-refractivity contribution is 0.0746. The van der Waals surface area contributed by atoms with E-state index in [4.69, 9.17) is 4.74 Å². The lowest BCUT2D eigenvalue weighted by Gasteiger charge is -2.35. The van der Waals surface area contributed by atoms with Crippen LogP contribution >= 0.6 is 12.4 Å². The van der Waals surface area contributed by atoms with E-state index in [0.29, 0.717) is 25.6 Å². The van der Waals surface area contributed by atoms with Gasteiger partial charge in [0.1, 0.15) is 0 Å². The molecule has 146 valence electrons.